The van der Waals surface area contributed by atoms with E-state index in [2.05, 4.69) is 19.1 Å². The van der Waals surface area contributed by atoms with Gasteiger partial charge >= 0.3 is 9.28 Å². The number of hydrogen-bond donors (Lipinski definition) is 0. The molecule has 0 spiro atoms. The summed E-state index contributed by atoms with van der Waals surface area (Å²) in [6.07, 6.45) is 0.822. The van der Waals surface area contributed by atoms with Gasteiger partial charge in [-0.25, -0.2) is 0 Å². The summed E-state index contributed by atoms with van der Waals surface area (Å²) in [6, 6.07) is 10.3. The van der Waals surface area contributed by atoms with Gasteiger partial charge in [-0.3, -0.25) is 0 Å². The molecule has 0 amide bonds. The lowest BCUT2D eigenvalue weighted by atomic mass is 10.1. The zero-order chi connectivity index (χ0) is 10.4. The van der Waals surface area contributed by atoms with Crippen molar-refractivity contribution in [1.82, 2.24) is 0 Å². The second-order valence-electron chi connectivity index (χ2n) is 3.15. The highest BCUT2D eigenvalue weighted by Gasteiger charge is 2.23. The Kier molecular flexibility index (Phi) is 4.86. The SMILES string of the molecule is [CH2]CC(c1ccccc1)[SiH](OC)OC. The van der Waals surface area contributed by atoms with Crippen molar-refractivity contribution in [3.05, 3.63) is 42.8 Å². The monoisotopic (exact) mass is 209 g/mol. The van der Waals surface area contributed by atoms with Crippen LogP contribution < -0.4 is 0 Å². The van der Waals surface area contributed by atoms with Crippen molar-refractivity contribution < 1.29 is 8.85 Å². The molecule has 0 aliphatic heterocycles. The number of benzene rings is 1. The molecule has 1 unspecified atom stereocenters. The van der Waals surface area contributed by atoms with E-state index in [1.807, 2.05) is 18.2 Å². The van der Waals surface area contributed by atoms with E-state index in [1.54, 1.807) is 14.2 Å². The molecule has 77 valence electrons. The second kappa shape index (κ2) is 5.96. The van der Waals surface area contributed by atoms with Crippen molar-refractivity contribution in [2.24, 2.45) is 0 Å². The van der Waals surface area contributed by atoms with Crippen molar-refractivity contribution >= 4 is 9.28 Å². The molecule has 1 radical (unpaired) electrons. The van der Waals surface area contributed by atoms with Gasteiger partial charge in [0.2, 0.25) is 0 Å². The van der Waals surface area contributed by atoms with Crippen LogP contribution in [0, 0.1) is 6.92 Å². The quantitative estimate of drug-likeness (QED) is 0.691. The van der Waals surface area contributed by atoms with Crippen LogP contribution in [0.1, 0.15) is 17.5 Å². The molecule has 0 saturated carbocycles. The molecule has 0 heterocycles. The van der Waals surface area contributed by atoms with Crippen LogP contribution in [0.5, 0.6) is 0 Å². The van der Waals surface area contributed by atoms with Gasteiger partial charge in [-0.2, -0.15) is 0 Å². The minimum Gasteiger partial charge on any atom is -0.400 e. The molecule has 14 heavy (non-hydrogen) atoms. The van der Waals surface area contributed by atoms with Crippen LogP contribution in [0.15, 0.2) is 30.3 Å². The average molecular weight is 209 g/mol. The highest BCUT2D eigenvalue weighted by Crippen LogP contribution is 2.22. The molecule has 1 aromatic rings. The topological polar surface area (TPSA) is 18.5 Å². The largest absolute Gasteiger partial charge is 0.400 e. The second-order valence-corrected chi connectivity index (χ2v) is 5.63. The van der Waals surface area contributed by atoms with Crippen molar-refractivity contribution in [3.8, 4) is 0 Å². The summed E-state index contributed by atoms with van der Waals surface area (Å²) < 4.78 is 10.8. The molecular weight excluding hydrogens is 192 g/mol. The van der Waals surface area contributed by atoms with Gasteiger partial charge in [-0.05, 0) is 12.0 Å². The molecule has 0 N–H and O–H groups in total. The third-order valence-electron chi connectivity index (χ3n) is 2.33. The van der Waals surface area contributed by atoms with Crippen LogP contribution in [0.4, 0.5) is 0 Å². The lowest BCUT2D eigenvalue weighted by molar-refractivity contribution is 0.266. The van der Waals surface area contributed by atoms with Gasteiger partial charge in [-0.1, -0.05) is 37.3 Å². The Morgan fingerprint density at radius 2 is 1.79 bits per heavy atom. The van der Waals surface area contributed by atoms with Gasteiger partial charge in [0, 0.05) is 19.8 Å². The molecule has 0 fully saturated rings. The first-order valence-electron chi connectivity index (χ1n) is 4.73. The van der Waals surface area contributed by atoms with Crippen molar-refractivity contribution in [2.75, 3.05) is 14.2 Å². The van der Waals surface area contributed by atoms with Crippen LogP contribution in [0.3, 0.4) is 0 Å². The number of hydrogen-bond acceptors (Lipinski definition) is 2. The van der Waals surface area contributed by atoms with Gasteiger partial charge in [0.05, 0.1) is 0 Å². The lowest BCUT2D eigenvalue weighted by Gasteiger charge is -2.21. The summed E-state index contributed by atoms with van der Waals surface area (Å²) >= 11 is 0. The van der Waals surface area contributed by atoms with Crippen LogP contribution in [-0.2, 0) is 8.85 Å². The van der Waals surface area contributed by atoms with E-state index in [4.69, 9.17) is 8.85 Å². The predicted octanol–water partition coefficient (Wildman–Crippen LogP) is 2.05. The maximum Gasteiger partial charge on any atom is 0.328 e. The fraction of sp³-hybridized carbons (Fsp3) is 0.364. The Balaban J connectivity index is 2.81. The van der Waals surface area contributed by atoms with E-state index in [1.165, 1.54) is 5.56 Å². The molecule has 0 saturated heterocycles. The van der Waals surface area contributed by atoms with Crippen LogP contribution in [0.25, 0.3) is 0 Å². The molecule has 0 aliphatic rings. The van der Waals surface area contributed by atoms with E-state index in [0.29, 0.717) is 5.54 Å². The van der Waals surface area contributed by atoms with Crippen LogP contribution in [0.2, 0.25) is 0 Å². The highest BCUT2D eigenvalue weighted by molar-refractivity contribution is 6.46. The Bertz CT molecular complexity index is 247. The Morgan fingerprint density at radius 1 is 1.21 bits per heavy atom. The fourth-order valence-electron chi connectivity index (χ4n) is 1.58. The number of rotatable bonds is 5. The summed E-state index contributed by atoms with van der Waals surface area (Å²) in [5, 5.41) is 0. The summed E-state index contributed by atoms with van der Waals surface area (Å²) in [6.45, 7) is 3.95. The van der Waals surface area contributed by atoms with E-state index in [0.717, 1.165) is 6.42 Å². The van der Waals surface area contributed by atoms with E-state index in [-0.39, 0.29) is 0 Å². The van der Waals surface area contributed by atoms with Gasteiger partial charge in [0.25, 0.3) is 0 Å². The van der Waals surface area contributed by atoms with Gasteiger partial charge in [0.1, 0.15) is 0 Å². The Labute approximate surface area is 87.7 Å². The van der Waals surface area contributed by atoms with Gasteiger partial charge < -0.3 is 8.85 Å². The minimum atomic E-state index is -1.60. The predicted molar refractivity (Wildman–Crippen MR) is 60.3 cm³/mol. The third-order valence-corrected chi connectivity index (χ3v) is 4.64. The lowest BCUT2D eigenvalue weighted by Crippen LogP contribution is -2.28. The zero-order valence-electron chi connectivity index (χ0n) is 8.77. The smallest absolute Gasteiger partial charge is 0.328 e. The summed E-state index contributed by atoms with van der Waals surface area (Å²) in [5.74, 6) is 0. The molecule has 1 rings (SSSR count). The summed E-state index contributed by atoms with van der Waals surface area (Å²) in [4.78, 5) is 0. The van der Waals surface area contributed by atoms with E-state index in [9.17, 15) is 0 Å². The highest BCUT2D eigenvalue weighted by atomic mass is 28.3. The zero-order valence-corrected chi connectivity index (χ0v) is 9.93. The molecule has 1 aromatic carbocycles. The maximum absolute atomic E-state index is 5.38. The normalized spacial score (nSPS) is 13.1. The van der Waals surface area contributed by atoms with E-state index >= 15 is 0 Å². The maximum atomic E-state index is 5.38. The van der Waals surface area contributed by atoms with Crippen LogP contribution >= 0.6 is 0 Å². The molecule has 0 aromatic heterocycles. The minimum absolute atomic E-state index is 0.339. The first-order chi connectivity index (χ1) is 6.83. The molecule has 1 atom stereocenters. The third kappa shape index (κ3) is 2.67. The van der Waals surface area contributed by atoms with Gasteiger partial charge in [0.15, 0.2) is 0 Å². The molecule has 0 aliphatic carbocycles. The fourth-order valence-corrected chi connectivity index (χ4v) is 3.24. The molecule has 3 heteroatoms. The first-order valence-corrected chi connectivity index (χ1v) is 6.34. The van der Waals surface area contributed by atoms with Crippen molar-refractivity contribution in [1.29, 1.82) is 0 Å². The molecular formula is C11H17O2Si. The Hall–Kier alpha value is -0.643. The average Bonchev–Trinajstić information content (AvgIpc) is 2.27. The van der Waals surface area contributed by atoms with Gasteiger partial charge in [-0.15, -0.1) is 0 Å². The van der Waals surface area contributed by atoms with Crippen molar-refractivity contribution in [3.63, 3.8) is 0 Å². The summed E-state index contributed by atoms with van der Waals surface area (Å²) in [5.41, 5.74) is 1.61. The van der Waals surface area contributed by atoms with E-state index < -0.39 is 9.28 Å². The molecule has 0 bridgehead atoms. The Morgan fingerprint density at radius 3 is 2.21 bits per heavy atom. The molecule has 2 nitrogen and oxygen atoms in total. The van der Waals surface area contributed by atoms with Crippen molar-refractivity contribution in [2.45, 2.75) is 12.0 Å². The van der Waals surface area contributed by atoms with Crippen LogP contribution in [-0.4, -0.2) is 23.5 Å². The summed E-state index contributed by atoms with van der Waals surface area (Å²) in [7, 11) is 1.83. The standard InChI is InChI=1S/C11H17O2Si/c1-4-11(14(12-2)13-3)10-8-6-5-7-9-10/h5-9,11,14H,1,4H2,2-3H3. The first kappa shape index (κ1) is 11.4.